The van der Waals surface area contributed by atoms with Gasteiger partial charge in [-0.2, -0.15) is 0 Å². The van der Waals surface area contributed by atoms with Crippen molar-refractivity contribution >= 4 is 28.4 Å². The molecule has 0 aliphatic carbocycles. The van der Waals surface area contributed by atoms with Gasteiger partial charge in [-0.25, -0.2) is 0 Å². The van der Waals surface area contributed by atoms with Gasteiger partial charge in [-0.05, 0) is 98.1 Å². The third-order valence-electron chi connectivity index (χ3n) is 7.82. The van der Waals surface area contributed by atoms with Crippen molar-refractivity contribution < 1.29 is 0 Å². The normalized spacial score (nSPS) is 11.3. The lowest BCUT2D eigenvalue weighted by Gasteiger charge is -2.38. The third-order valence-corrected chi connectivity index (χ3v) is 7.82. The Morgan fingerprint density at radius 2 is 0.651 bits per heavy atom. The van der Waals surface area contributed by atoms with Gasteiger partial charge in [0, 0.05) is 39.9 Å². The lowest BCUT2D eigenvalue weighted by molar-refractivity contribution is 0.560. The van der Waals surface area contributed by atoms with E-state index in [4.69, 9.17) is 0 Å². The summed E-state index contributed by atoms with van der Waals surface area (Å²) in [4.78, 5) is 4.73. The molecule has 0 heterocycles. The van der Waals surface area contributed by atoms with Crippen LogP contribution in [0, 0.1) is 0 Å². The van der Waals surface area contributed by atoms with E-state index in [1.807, 2.05) is 0 Å². The molecule has 0 atom stereocenters. The molecular formula is C41H38N2. The van der Waals surface area contributed by atoms with Crippen LogP contribution in [0.25, 0.3) is 0 Å². The fraction of sp³-hybridized carbons (Fsp3) is 0.122. The van der Waals surface area contributed by atoms with E-state index in [9.17, 15) is 0 Å². The molecule has 0 unspecified atom stereocenters. The zero-order valence-electron chi connectivity index (χ0n) is 25.1. The lowest BCUT2D eigenvalue weighted by Crippen LogP contribution is -2.37. The van der Waals surface area contributed by atoms with E-state index in [1.165, 1.54) is 28.1 Å². The SMILES string of the molecule is CC(C)(C)N(c1ccccc1)c1ccc(N(c2ccccc2)c2ccc(C(c3ccccc3)c3ccccc3)cc2)cc1. The fourth-order valence-corrected chi connectivity index (χ4v) is 5.96. The van der Waals surface area contributed by atoms with Crippen LogP contribution in [0.3, 0.4) is 0 Å². The number of benzene rings is 6. The third kappa shape index (κ3) is 6.24. The quantitative estimate of drug-likeness (QED) is 0.171. The van der Waals surface area contributed by atoms with Crippen molar-refractivity contribution in [3.63, 3.8) is 0 Å². The van der Waals surface area contributed by atoms with Crippen LogP contribution in [0.1, 0.15) is 43.4 Å². The summed E-state index contributed by atoms with van der Waals surface area (Å²) in [5.74, 6) is 0.169. The average molecular weight is 559 g/mol. The molecule has 0 saturated carbocycles. The molecule has 0 aliphatic heterocycles. The lowest BCUT2D eigenvalue weighted by atomic mass is 9.85. The maximum Gasteiger partial charge on any atom is 0.0463 e. The summed E-state index contributed by atoms with van der Waals surface area (Å²) in [6.45, 7) is 6.76. The number of hydrogen-bond acceptors (Lipinski definition) is 2. The molecule has 0 fully saturated rings. The summed E-state index contributed by atoms with van der Waals surface area (Å²) >= 11 is 0. The highest BCUT2D eigenvalue weighted by molar-refractivity contribution is 5.78. The van der Waals surface area contributed by atoms with Gasteiger partial charge in [0.2, 0.25) is 0 Å². The topological polar surface area (TPSA) is 6.48 Å². The largest absolute Gasteiger partial charge is 0.336 e. The van der Waals surface area contributed by atoms with Crippen LogP contribution in [0.15, 0.2) is 170 Å². The molecular weight excluding hydrogens is 520 g/mol. The predicted octanol–water partition coefficient (Wildman–Crippen LogP) is 11.3. The van der Waals surface area contributed by atoms with E-state index in [-0.39, 0.29) is 11.5 Å². The minimum atomic E-state index is -0.0775. The highest BCUT2D eigenvalue weighted by Gasteiger charge is 2.24. The van der Waals surface area contributed by atoms with Gasteiger partial charge in [-0.3, -0.25) is 0 Å². The van der Waals surface area contributed by atoms with Crippen LogP contribution in [0.4, 0.5) is 28.4 Å². The molecule has 6 rings (SSSR count). The van der Waals surface area contributed by atoms with Crippen molar-refractivity contribution in [2.75, 3.05) is 9.80 Å². The number of nitrogens with zero attached hydrogens (tertiary/aromatic N) is 2. The van der Waals surface area contributed by atoms with Crippen LogP contribution in [0.5, 0.6) is 0 Å². The van der Waals surface area contributed by atoms with Gasteiger partial charge in [0.1, 0.15) is 0 Å². The molecule has 212 valence electrons. The van der Waals surface area contributed by atoms with Crippen molar-refractivity contribution in [2.24, 2.45) is 0 Å². The standard InChI is InChI=1S/C41H38N2/c1-41(2,3)43(38-22-14-7-15-23-38)39-30-28-37(29-31-39)42(35-20-12-6-13-21-35)36-26-24-34(25-27-36)40(32-16-8-4-9-17-32)33-18-10-5-11-19-33/h4-31,40H,1-3H3. The Morgan fingerprint density at radius 3 is 1.09 bits per heavy atom. The highest BCUT2D eigenvalue weighted by Crippen LogP contribution is 2.39. The van der Waals surface area contributed by atoms with E-state index in [0.717, 1.165) is 17.1 Å². The van der Waals surface area contributed by atoms with Gasteiger partial charge in [0.05, 0.1) is 0 Å². The van der Waals surface area contributed by atoms with Crippen molar-refractivity contribution in [3.05, 3.63) is 187 Å². The first-order chi connectivity index (χ1) is 21.0. The molecule has 0 aromatic heterocycles. The average Bonchev–Trinajstić information content (AvgIpc) is 3.04. The van der Waals surface area contributed by atoms with Crippen LogP contribution < -0.4 is 9.80 Å². The number of para-hydroxylation sites is 2. The van der Waals surface area contributed by atoms with Crippen LogP contribution in [-0.4, -0.2) is 5.54 Å². The Kier molecular flexibility index (Phi) is 8.11. The minimum Gasteiger partial charge on any atom is -0.336 e. The van der Waals surface area contributed by atoms with Gasteiger partial charge >= 0.3 is 0 Å². The summed E-state index contributed by atoms with van der Waals surface area (Å²) in [7, 11) is 0. The van der Waals surface area contributed by atoms with Crippen LogP contribution in [-0.2, 0) is 0 Å². The monoisotopic (exact) mass is 558 g/mol. The van der Waals surface area contributed by atoms with Crippen molar-refractivity contribution in [1.82, 2.24) is 0 Å². The van der Waals surface area contributed by atoms with E-state index < -0.39 is 0 Å². The Morgan fingerprint density at radius 1 is 0.349 bits per heavy atom. The molecule has 6 aromatic rings. The first-order valence-corrected chi connectivity index (χ1v) is 15.0. The molecule has 0 bridgehead atoms. The zero-order chi connectivity index (χ0) is 29.6. The van der Waals surface area contributed by atoms with Gasteiger partial charge in [0.15, 0.2) is 0 Å². The number of rotatable bonds is 8. The zero-order valence-corrected chi connectivity index (χ0v) is 25.1. The van der Waals surface area contributed by atoms with Crippen LogP contribution >= 0.6 is 0 Å². The van der Waals surface area contributed by atoms with E-state index in [1.54, 1.807) is 0 Å². The molecule has 0 aliphatic rings. The van der Waals surface area contributed by atoms with Gasteiger partial charge in [-0.15, -0.1) is 0 Å². The predicted molar refractivity (Wildman–Crippen MR) is 183 cm³/mol. The first kappa shape index (κ1) is 28.1. The second kappa shape index (κ2) is 12.4. The molecule has 2 heteroatoms. The van der Waals surface area contributed by atoms with Gasteiger partial charge in [-0.1, -0.05) is 109 Å². The molecule has 6 aromatic carbocycles. The number of hydrogen-bond donors (Lipinski definition) is 0. The molecule has 0 saturated heterocycles. The van der Waals surface area contributed by atoms with E-state index in [2.05, 4.69) is 200 Å². The first-order valence-electron chi connectivity index (χ1n) is 15.0. The smallest absolute Gasteiger partial charge is 0.0463 e. The van der Waals surface area contributed by atoms with Crippen LogP contribution in [0.2, 0.25) is 0 Å². The van der Waals surface area contributed by atoms with Crippen molar-refractivity contribution in [2.45, 2.75) is 32.2 Å². The number of anilines is 5. The summed E-state index contributed by atoms with van der Waals surface area (Å²) in [5.41, 5.74) is 9.49. The minimum absolute atomic E-state index is 0.0775. The fourth-order valence-electron chi connectivity index (χ4n) is 5.96. The summed E-state index contributed by atoms with van der Waals surface area (Å²) in [5, 5.41) is 0. The second-order valence-electron chi connectivity index (χ2n) is 11.9. The van der Waals surface area contributed by atoms with Gasteiger partial charge < -0.3 is 9.80 Å². The van der Waals surface area contributed by atoms with Gasteiger partial charge in [0.25, 0.3) is 0 Å². The maximum atomic E-state index is 2.39. The maximum absolute atomic E-state index is 2.39. The second-order valence-corrected chi connectivity index (χ2v) is 11.9. The van der Waals surface area contributed by atoms with Crippen molar-refractivity contribution in [1.29, 1.82) is 0 Å². The molecule has 0 N–H and O–H groups in total. The summed E-state index contributed by atoms with van der Waals surface area (Å²) in [6.07, 6.45) is 0. The summed E-state index contributed by atoms with van der Waals surface area (Å²) in [6, 6.07) is 60.8. The Balaban J connectivity index is 1.38. The van der Waals surface area contributed by atoms with E-state index in [0.29, 0.717) is 0 Å². The molecule has 0 radical (unpaired) electrons. The Hall–Kier alpha value is -5.08. The summed E-state index contributed by atoms with van der Waals surface area (Å²) < 4.78 is 0. The highest BCUT2D eigenvalue weighted by atomic mass is 15.2. The molecule has 2 nitrogen and oxygen atoms in total. The molecule has 0 amide bonds. The molecule has 43 heavy (non-hydrogen) atoms. The van der Waals surface area contributed by atoms with E-state index >= 15 is 0 Å². The molecule has 0 spiro atoms. The van der Waals surface area contributed by atoms with Crippen molar-refractivity contribution in [3.8, 4) is 0 Å². The Bertz CT molecular complexity index is 1670. The Labute approximate surface area is 256 Å².